The maximum Gasteiger partial charge on any atom is 0.265 e. The van der Waals surface area contributed by atoms with Gasteiger partial charge in [0.1, 0.15) is 5.75 Å². The van der Waals surface area contributed by atoms with Crippen LogP contribution in [-0.2, 0) is 4.79 Å². The van der Waals surface area contributed by atoms with Gasteiger partial charge in [0.2, 0.25) is 0 Å². The Morgan fingerprint density at radius 3 is 2.95 bits per heavy atom. The van der Waals surface area contributed by atoms with Crippen molar-refractivity contribution in [3.05, 3.63) is 23.8 Å². The van der Waals surface area contributed by atoms with E-state index in [2.05, 4.69) is 5.32 Å². The SMILES string of the molecule is CCC1Oc2ccc(C(=O)CCCN)cc2NC1=O. The first-order chi connectivity index (χ1) is 9.15. The molecule has 1 aliphatic heterocycles. The van der Waals surface area contributed by atoms with E-state index in [0.717, 1.165) is 0 Å². The summed E-state index contributed by atoms with van der Waals surface area (Å²) in [6.07, 6.45) is 1.24. The molecule has 0 saturated carbocycles. The lowest BCUT2D eigenvalue weighted by atomic mass is 10.0. The number of rotatable bonds is 5. The number of nitrogens with two attached hydrogens (primary N) is 1. The Morgan fingerprint density at radius 1 is 1.47 bits per heavy atom. The van der Waals surface area contributed by atoms with Gasteiger partial charge in [-0.25, -0.2) is 0 Å². The molecule has 0 aliphatic carbocycles. The molecule has 1 aromatic rings. The van der Waals surface area contributed by atoms with Crippen LogP contribution in [0.1, 0.15) is 36.5 Å². The second kappa shape index (κ2) is 5.84. The molecule has 1 aromatic carbocycles. The molecular weight excluding hydrogens is 244 g/mol. The number of ether oxygens (including phenoxy) is 1. The van der Waals surface area contributed by atoms with Crippen LogP contribution < -0.4 is 15.8 Å². The molecule has 19 heavy (non-hydrogen) atoms. The van der Waals surface area contributed by atoms with E-state index < -0.39 is 6.10 Å². The fraction of sp³-hybridized carbons (Fsp3) is 0.429. The number of ketones is 1. The fourth-order valence-electron chi connectivity index (χ4n) is 2.00. The molecule has 0 aromatic heterocycles. The smallest absolute Gasteiger partial charge is 0.265 e. The molecule has 5 nitrogen and oxygen atoms in total. The highest BCUT2D eigenvalue weighted by atomic mass is 16.5. The van der Waals surface area contributed by atoms with E-state index in [1.165, 1.54) is 0 Å². The van der Waals surface area contributed by atoms with Crippen LogP contribution in [0.4, 0.5) is 5.69 Å². The third kappa shape index (κ3) is 2.93. The van der Waals surface area contributed by atoms with Gasteiger partial charge in [-0.1, -0.05) is 6.92 Å². The van der Waals surface area contributed by atoms with Crippen LogP contribution in [0.5, 0.6) is 5.75 Å². The maximum atomic E-state index is 11.9. The molecule has 0 bridgehead atoms. The van der Waals surface area contributed by atoms with Gasteiger partial charge >= 0.3 is 0 Å². The number of anilines is 1. The first kappa shape index (κ1) is 13.5. The summed E-state index contributed by atoms with van der Waals surface area (Å²) in [6, 6.07) is 5.12. The van der Waals surface area contributed by atoms with E-state index in [-0.39, 0.29) is 11.7 Å². The molecule has 0 radical (unpaired) electrons. The molecule has 1 atom stereocenters. The van der Waals surface area contributed by atoms with E-state index >= 15 is 0 Å². The number of nitrogens with one attached hydrogen (secondary N) is 1. The van der Waals surface area contributed by atoms with Gasteiger partial charge in [0.25, 0.3) is 5.91 Å². The van der Waals surface area contributed by atoms with E-state index in [1.807, 2.05) is 6.92 Å². The molecule has 102 valence electrons. The molecule has 2 rings (SSSR count). The van der Waals surface area contributed by atoms with Gasteiger partial charge in [0, 0.05) is 12.0 Å². The predicted molar refractivity (Wildman–Crippen MR) is 72.4 cm³/mol. The molecule has 1 heterocycles. The summed E-state index contributed by atoms with van der Waals surface area (Å²) in [5, 5.41) is 2.77. The zero-order chi connectivity index (χ0) is 13.8. The Balaban J connectivity index is 2.18. The molecule has 0 fully saturated rings. The largest absolute Gasteiger partial charge is 0.478 e. The number of Topliss-reactive ketones (excluding diaryl/α,β-unsaturated/α-hetero) is 1. The lowest BCUT2D eigenvalue weighted by Crippen LogP contribution is -2.36. The van der Waals surface area contributed by atoms with Crippen molar-refractivity contribution in [3.63, 3.8) is 0 Å². The van der Waals surface area contributed by atoms with Crippen molar-refractivity contribution in [1.82, 2.24) is 0 Å². The quantitative estimate of drug-likeness (QED) is 0.792. The van der Waals surface area contributed by atoms with Gasteiger partial charge in [-0.3, -0.25) is 9.59 Å². The minimum absolute atomic E-state index is 0.0279. The molecule has 1 unspecified atom stereocenters. The Labute approximate surface area is 112 Å². The summed E-state index contributed by atoms with van der Waals surface area (Å²) >= 11 is 0. The van der Waals surface area contributed by atoms with Crippen molar-refractivity contribution in [2.75, 3.05) is 11.9 Å². The zero-order valence-electron chi connectivity index (χ0n) is 10.9. The second-order valence-corrected chi connectivity index (χ2v) is 4.53. The predicted octanol–water partition coefficient (Wildman–Crippen LogP) is 1.72. The first-order valence-corrected chi connectivity index (χ1v) is 6.50. The van der Waals surface area contributed by atoms with Crippen LogP contribution in [0.2, 0.25) is 0 Å². The molecule has 1 amide bonds. The standard InChI is InChI=1S/C14H18N2O3/c1-2-12-14(18)16-10-8-9(5-6-13(10)19-12)11(17)4-3-7-15/h5-6,8,12H,2-4,7,15H2,1H3,(H,16,18). The Kier molecular flexibility index (Phi) is 4.16. The Hall–Kier alpha value is -1.88. The summed E-state index contributed by atoms with van der Waals surface area (Å²) in [4.78, 5) is 23.6. The maximum absolute atomic E-state index is 11.9. The van der Waals surface area contributed by atoms with Crippen molar-refractivity contribution in [2.45, 2.75) is 32.3 Å². The number of carbonyl (C=O) groups excluding carboxylic acids is 2. The van der Waals surface area contributed by atoms with Crippen molar-refractivity contribution in [3.8, 4) is 5.75 Å². The zero-order valence-corrected chi connectivity index (χ0v) is 10.9. The van der Waals surface area contributed by atoms with Crippen LogP contribution in [0.25, 0.3) is 0 Å². The minimum atomic E-state index is -0.453. The molecule has 0 spiro atoms. The van der Waals surface area contributed by atoms with Gasteiger partial charge < -0.3 is 15.8 Å². The Bertz CT molecular complexity index is 499. The number of benzene rings is 1. The Morgan fingerprint density at radius 2 is 2.26 bits per heavy atom. The third-order valence-corrected chi connectivity index (χ3v) is 3.10. The van der Waals surface area contributed by atoms with Gasteiger partial charge in [-0.15, -0.1) is 0 Å². The van der Waals surface area contributed by atoms with Crippen LogP contribution in [0, 0.1) is 0 Å². The average Bonchev–Trinajstić information content (AvgIpc) is 2.43. The van der Waals surface area contributed by atoms with Gasteiger partial charge in [-0.05, 0) is 37.6 Å². The van der Waals surface area contributed by atoms with Crippen molar-refractivity contribution < 1.29 is 14.3 Å². The normalized spacial score (nSPS) is 17.4. The number of carbonyl (C=O) groups is 2. The summed E-state index contributed by atoms with van der Waals surface area (Å²) in [6.45, 7) is 2.38. The number of fused-ring (bicyclic) bond motifs is 1. The van der Waals surface area contributed by atoms with E-state index in [1.54, 1.807) is 18.2 Å². The summed E-state index contributed by atoms with van der Waals surface area (Å²) in [5.41, 5.74) is 6.52. The molecule has 1 aliphatic rings. The van der Waals surface area contributed by atoms with Gasteiger partial charge in [-0.2, -0.15) is 0 Å². The lowest BCUT2D eigenvalue weighted by Gasteiger charge is -2.25. The topological polar surface area (TPSA) is 81.4 Å². The van der Waals surface area contributed by atoms with Crippen LogP contribution in [0.15, 0.2) is 18.2 Å². The molecule has 5 heteroatoms. The number of hydrogen-bond donors (Lipinski definition) is 2. The van der Waals surface area contributed by atoms with Crippen LogP contribution in [0.3, 0.4) is 0 Å². The van der Waals surface area contributed by atoms with Gasteiger partial charge in [0.15, 0.2) is 11.9 Å². The fourth-order valence-corrected chi connectivity index (χ4v) is 2.00. The minimum Gasteiger partial charge on any atom is -0.478 e. The van der Waals surface area contributed by atoms with Crippen molar-refractivity contribution in [2.24, 2.45) is 5.73 Å². The summed E-state index contributed by atoms with van der Waals surface area (Å²) in [5.74, 6) is 0.475. The van der Waals surface area contributed by atoms with E-state index in [9.17, 15) is 9.59 Å². The third-order valence-electron chi connectivity index (χ3n) is 3.10. The average molecular weight is 262 g/mol. The van der Waals surface area contributed by atoms with Crippen LogP contribution in [-0.4, -0.2) is 24.3 Å². The van der Waals surface area contributed by atoms with Crippen LogP contribution >= 0.6 is 0 Å². The highest BCUT2D eigenvalue weighted by Crippen LogP contribution is 2.31. The summed E-state index contributed by atoms with van der Waals surface area (Å²) in [7, 11) is 0. The highest BCUT2D eigenvalue weighted by molar-refractivity contribution is 6.01. The van der Waals surface area contributed by atoms with E-state index in [4.69, 9.17) is 10.5 Å². The summed E-state index contributed by atoms with van der Waals surface area (Å²) < 4.78 is 5.57. The number of amides is 1. The van der Waals surface area contributed by atoms with Gasteiger partial charge in [0.05, 0.1) is 5.69 Å². The monoisotopic (exact) mass is 262 g/mol. The lowest BCUT2D eigenvalue weighted by molar-refractivity contribution is -0.123. The second-order valence-electron chi connectivity index (χ2n) is 4.53. The molecular formula is C14H18N2O3. The van der Waals surface area contributed by atoms with E-state index in [0.29, 0.717) is 42.8 Å². The molecule has 0 saturated heterocycles. The van der Waals surface area contributed by atoms with Crippen molar-refractivity contribution >= 4 is 17.4 Å². The highest BCUT2D eigenvalue weighted by Gasteiger charge is 2.26. The number of hydrogen-bond acceptors (Lipinski definition) is 4. The van der Waals surface area contributed by atoms with Crippen molar-refractivity contribution in [1.29, 1.82) is 0 Å². The first-order valence-electron chi connectivity index (χ1n) is 6.50. The molecule has 3 N–H and O–H groups in total.